The molecule has 84 valence electrons. The Labute approximate surface area is 98.5 Å². The fraction of sp³-hybridized carbons (Fsp3) is 0.0667. The highest BCUT2D eigenvalue weighted by atomic mass is 16.5. The molecule has 1 aliphatic heterocycles. The second-order valence-corrected chi connectivity index (χ2v) is 4.23. The van der Waals surface area contributed by atoms with Crippen LogP contribution in [-0.4, -0.2) is 4.98 Å². The molecular formula is C15H13NO. The topological polar surface area (TPSA) is 25.0 Å². The Morgan fingerprint density at radius 1 is 1.24 bits per heavy atom. The highest BCUT2D eigenvalue weighted by molar-refractivity contribution is 5.86. The first-order valence-corrected chi connectivity index (χ1v) is 5.47. The minimum atomic E-state index is 0.768. The number of H-pyrrole nitrogens is 1. The number of nitrogens with one attached hydrogen (secondary N) is 1. The molecule has 2 aromatic rings. The van der Waals surface area contributed by atoms with Crippen LogP contribution >= 0.6 is 0 Å². The van der Waals surface area contributed by atoms with Crippen LogP contribution in [-0.2, 0) is 4.74 Å². The third-order valence-electron chi connectivity index (χ3n) is 3.18. The van der Waals surface area contributed by atoms with Gasteiger partial charge in [0.15, 0.2) is 0 Å². The van der Waals surface area contributed by atoms with Crippen molar-refractivity contribution in [3.05, 3.63) is 45.8 Å². The number of aromatic nitrogens is 1. The van der Waals surface area contributed by atoms with Crippen LogP contribution in [0.15, 0.2) is 24.8 Å². The highest BCUT2D eigenvalue weighted by Gasteiger charge is 2.13. The first-order chi connectivity index (χ1) is 8.13. The van der Waals surface area contributed by atoms with E-state index < -0.39 is 0 Å². The van der Waals surface area contributed by atoms with E-state index in [9.17, 15) is 0 Å². The predicted octanol–water partition coefficient (Wildman–Crippen LogP) is 0.441. The molecule has 0 bridgehead atoms. The van der Waals surface area contributed by atoms with Gasteiger partial charge in [0.2, 0.25) is 0 Å². The Kier molecular flexibility index (Phi) is 1.84. The van der Waals surface area contributed by atoms with Crippen molar-refractivity contribution in [3.63, 3.8) is 0 Å². The van der Waals surface area contributed by atoms with Gasteiger partial charge in [-0.3, -0.25) is 0 Å². The van der Waals surface area contributed by atoms with Crippen LogP contribution in [0.3, 0.4) is 0 Å². The van der Waals surface area contributed by atoms with Gasteiger partial charge in [0.1, 0.15) is 11.5 Å². The van der Waals surface area contributed by atoms with E-state index in [-0.39, 0.29) is 0 Å². The molecule has 1 aromatic carbocycles. The van der Waals surface area contributed by atoms with Crippen LogP contribution in [0.5, 0.6) is 0 Å². The van der Waals surface area contributed by atoms with E-state index in [1.165, 1.54) is 0 Å². The Balaban J connectivity index is 2.86. The maximum absolute atomic E-state index is 5.79. The average Bonchev–Trinajstić information content (AvgIpc) is 2.64. The SMILES string of the molecule is C=CC1=c2c(=C)ccc3[nH]c(=C)c(c23)=C(C)O1. The molecule has 1 aliphatic rings. The van der Waals surface area contributed by atoms with Crippen molar-refractivity contribution >= 4 is 35.6 Å². The van der Waals surface area contributed by atoms with Crippen molar-refractivity contribution in [2.45, 2.75) is 6.92 Å². The number of hydrogen-bond donors (Lipinski definition) is 1. The van der Waals surface area contributed by atoms with Gasteiger partial charge in [0, 0.05) is 26.7 Å². The average molecular weight is 223 g/mol. The summed E-state index contributed by atoms with van der Waals surface area (Å²) in [5, 5.41) is 5.03. The van der Waals surface area contributed by atoms with E-state index in [0.29, 0.717) is 0 Å². The first kappa shape index (κ1) is 9.97. The largest absolute Gasteiger partial charge is 0.461 e. The number of hydrogen-bond acceptors (Lipinski definition) is 1. The number of benzene rings is 1. The van der Waals surface area contributed by atoms with E-state index in [1.54, 1.807) is 6.08 Å². The van der Waals surface area contributed by atoms with E-state index in [1.807, 2.05) is 19.1 Å². The zero-order valence-corrected chi connectivity index (χ0v) is 9.76. The Morgan fingerprint density at radius 2 is 2.00 bits per heavy atom. The second kappa shape index (κ2) is 3.14. The monoisotopic (exact) mass is 223 g/mol. The molecule has 3 rings (SSSR count). The minimum absolute atomic E-state index is 0.768. The van der Waals surface area contributed by atoms with Crippen LogP contribution in [0.4, 0.5) is 0 Å². The lowest BCUT2D eigenvalue weighted by molar-refractivity contribution is 0.457. The fourth-order valence-electron chi connectivity index (χ4n) is 2.47. The summed E-state index contributed by atoms with van der Waals surface area (Å²) < 4.78 is 5.79. The van der Waals surface area contributed by atoms with Crippen molar-refractivity contribution in [1.82, 2.24) is 4.98 Å². The van der Waals surface area contributed by atoms with Crippen molar-refractivity contribution in [1.29, 1.82) is 0 Å². The Bertz CT molecular complexity index is 868. The quantitative estimate of drug-likeness (QED) is 0.745. The molecule has 2 heterocycles. The van der Waals surface area contributed by atoms with E-state index in [0.717, 1.165) is 43.4 Å². The summed E-state index contributed by atoms with van der Waals surface area (Å²) in [5.41, 5.74) is 1.06. The zero-order valence-electron chi connectivity index (χ0n) is 9.76. The molecule has 2 heteroatoms. The summed E-state index contributed by atoms with van der Waals surface area (Å²) in [5.74, 6) is 1.62. The number of ether oxygens (including phenoxy) is 1. The summed E-state index contributed by atoms with van der Waals surface area (Å²) in [7, 11) is 0. The van der Waals surface area contributed by atoms with Crippen LogP contribution in [0.1, 0.15) is 6.92 Å². The minimum Gasteiger partial charge on any atom is -0.461 e. The summed E-state index contributed by atoms with van der Waals surface area (Å²) in [4.78, 5) is 3.27. The molecule has 0 spiro atoms. The molecule has 0 radical (unpaired) electrons. The predicted molar refractivity (Wildman–Crippen MR) is 71.6 cm³/mol. The van der Waals surface area contributed by atoms with E-state index >= 15 is 0 Å². The van der Waals surface area contributed by atoms with Gasteiger partial charge < -0.3 is 9.72 Å². The van der Waals surface area contributed by atoms with Gasteiger partial charge in [-0.1, -0.05) is 25.8 Å². The summed E-state index contributed by atoms with van der Waals surface area (Å²) in [6.07, 6.45) is 1.73. The lowest BCUT2D eigenvalue weighted by atomic mass is 10.1. The van der Waals surface area contributed by atoms with Gasteiger partial charge in [-0.2, -0.15) is 0 Å². The maximum atomic E-state index is 5.79. The van der Waals surface area contributed by atoms with Crippen molar-refractivity contribution < 1.29 is 4.74 Å². The van der Waals surface area contributed by atoms with Crippen LogP contribution in [0.25, 0.3) is 35.6 Å². The molecule has 0 unspecified atom stereocenters. The van der Waals surface area contributed by atoms with Gasteiger partial charge in [0.25, 0.3) is 0 Å². The van der Waals surface area contributed by atoms with Gasteiger partial charge >= 0.3 is 0 Å². The van der Waals surface area contributed by atoms with Gasteiger partial charge in [-0.15, -0.1) is 0 Å². The van der Waals surface area contributed by atoms with Crippen LogP contribution in [0.2, 0.25) is 0 Å². The van der Waals surface area contributed by atoms with Gasteiger partial charge in [0.05, 0.1) is 0 Å². The lowest BCUT2D eigenvalue weighted by Gasteiger charge is -2.12. The first-order valence-electron chi connectivity index (χ1n) is 5.47. The Hall–Kier alpha value is -2.22. The summed E-state index contributed by atoms with van der Waals surface area (Å²) in [6.45, 7) is 13.8. The van der Waals surface area contributed by atoms with Gasteiger partial charge in [-0.05, 0) is 24.3 Å². The fourth-order valence-corrected chi connectivity index (χ4v) is 2.47. The molecule has 0 atom stereocenters. The maximum Gasteiger partial charge on any atom is 0.134 e. The third kappa shape index (κ3) is 1.15. The highest BCUT2D eigenvalue weighted by Crippen LogP contribution is 2.12. The number of aromatic amines is 1. The molecule has 2 nitrogen and oxygen atoms in total. The Morgan fingerprint density at radius 3 is 2.71 bits per heavy atom. The second-order valence-electron chi connectivity index (χ2n) is 4.23. The molecular weight excluding hydrogens is 210 g/mol. The molecule has 0 fully saturated rings. The van der Waals surface area contributed by atoms with Crippen molar-refractivity contribution in [2.75, 3.05) is 0 Å². The molecule has 1 aromatic heterocycles. The molecule has 1 N–H and O–H groups in total. The van der Waals surface area contributed by atoms with E-state index in [2.05, 4.69) is 24.7 Å². The summed E-state index contributed by atoms with van der Waals surface area (Å²) in [6, 6.07) is 4.00. The van der Waals surface area contributed by atoms with Crippen LogP contribution < -0.4 is 21.0 Å². The standard InChI is InChI=1S/C15H13NO/c1-5-12-13-8(2)6-7-11-15(13)14(9(3)16-11)10(4)17-12/h5-7,16H,1-3H2,4H3. The van der Waals surface area contributed by atoms with Crippen molar-refractivity contribution in [2.24, 2.45) is 0 Å². The molecule has 0 amide bonds. The normalized spacial score (nSPS) is 13.9. The smallest absolute Gasteiger partial charge is 0.134 e. The lowest BCUT2D eigenvalue weighted by Crippen LogP contribution is -2.36. The van der Waals surface area contributed by atoms with Crippen LogP contribution in [0, 0.1) is 0 Å². The molecule has 0 saturated heterocycles. The zero-order chi connectivity index (χ0) is 12.2. The van der Waals surface area contributed by atoms with Gasteiger partial charge in [-0.25, -0.2) is 0 Å². The van der Waals surface area contributed by atoms with E-state index in [4.69, 9.17) is 4.74 Å². The van der Waals surface area contributed by atoms with Crippen molar-refractivity contribution in [3.8, 4) is 0 Å². The molecule has 0 aliphatic carbocycles. The molecule has 0 saturated carbocycles. The summed E-state index contributed by atoms with van der Waals surface area (Å²) >= 11 is 0. The number of rotatable bonds is 1. The third-order valence-corrected chi connectivity index (χ3v) is 3.18. The molecule has 17 heavy (non-hydrogen) atoms.